The first-order chi connectivity index (χ1) is 5.58. The molecule has 0 N–H and O–H groups in total. The average Bonchev–Trinajstić information content (AvgIpc) is 1.83. The van der Waals surface area contributed by atoms with Crippen molar-refractivity contribution in [3.05, 3.63) is 0 Å². The molecule has 0 aliphatic carbocycles. The van der Waals surface area contributed by atoms with Crippen LogP contribution in [0.15, 0.2) is 0 Å². The van der Waals surface area contributed by atoms with E-state index < -0.39 is 21.5 Å². The molecule has 0 aromatic heterocycles. The second-order valence-corrected chi connectivity index (χ2v) is 5.56. The molecule has 2 atom stereocenters. The highest BCUT2D eigenvalue weighted by Crippen LogP contribution is 2.46. The minimum absolute atomic E-state index is 0.0359. The topological polar surface area (TPSA) is 0 Å². The molecule has 6 heteroatoms. The lowest BCUT2D eigenvalue weighted by Gasteiger charge is -2.27. The summed E-state index contributed by atoms with van der Waals surface area (Å²) in [4.78, 5) is 0. The molecule has 0 bridgehead atoms. The number of rotatable bonds is 4. The van der Waals surface area contributed by atoms with Crippen molar-refractivity contribution in [1.29, 1.82) is 0 Å². The number of hydrogen-bond donors (Lipinski definition) is 0. The van der Waals surface area contributed by atoms with E-state index >= 15 is 0 Å². The Labute approximate surface area is 96.5 Å². The molecule has 0 aromatic rings. The molecule has 0 amide bonds. The molecule has 0 aliphatic rings. The summed E-state index contributed by atoms with van der Waals surface area (Å²) in [5, 5.41) is -3.47. The quantitative estimate of drug-likeness (QED) is 0.655. The molecule has 0 saturated carbocycles. The summed E-state index contributed by atoms with van der Waals surface area (Å²) >= 11 is 20.7. The maximum atomic E-state index is 13.3. The molecule has 0 aliphatic heterocycles. The Morgan fingerprint density at radius 3 is 1.77 bits per heavy atom. The third-order valence-corrected chi connectivity index (χ3v) is 3.46. The number of halogens is 6. The van der Waals surface area contributed by atoms with Gasteiger partial charge in [0, 0.05) is 11.8 Å². The SMILES string of the molecule is CC(C)C(Cl)CC(F)(Cl)C(F)(Cl)Cl. The maximum absolute atomic E-state index is 13.3. The van der Waals surface area contributed by atoms with Crippen LogP contribution in [0.1, 0.15) is 20.3 Å². The Morgan fingerprint density at radius 1 is 1.15 bits per heavy atom. The highest BCUT2D eigenvalue weighted by molar-refractivity contribution is 6.51. The number of alkyl halides is 6. The van der Waals surface area contributed by atoms with Gasteiger partial charge in [0.25, 0.3) is 0 Å². The molecule has 0 fully saturated rings. The van der Waals surface area contributed by atoms with Crippen LogP contribution in [0.3, 0.4) is 0 Å². The van der Waals surface area contributed by atoms with E-state index in [1.54, 1.807) is 13.8 Å². The molecule has 13 heavy (non-hydrogen) atoms. The van der Waals surface area contributed by atoms with E-state index in [1.165, 1.54) is 0 Å². The molecule has 0 aromatic carbocycles. The minimum atomic E-state index is -3.13. The van der Waals surface area contributed by atoms with Crippen LogP contribution in [0.4, 0.5) is 8.78 Å². The Kier molecular flexibility index (Phi) is 5.06. The standard InChI is InChI=1S/C7H10Cl4F2/c1-4(2)5(8)3-6(9,12)7(10,11)13/h4-5H,3H2,1-2H3. The lowest BCUT2D eigenvalue weighted by Crippen LogP contribution is -2.36. The molecular weight excluding hydrogens is 264 g/mol. The van der Waals surface area contributed by atoms with Crippen LogP contribution in [-0.4, -0.2) is 15.1 Å². The van der Waals surface area contributed by atoms with Crippen molar-refractivity contribution in [3.63, 3.8) is 0 Å². The van der Waals surface area contributed by atoms with Crippen molar-refractivity contribution < 1.29 is 8.78 Å². The molecule has 0 rings (SSSR count). The predicted molar refractivity (Wildman–Crippen MR) is 54.3 cm³/mol. The third kappa shape index (κ3) is 4.37. The molecule has 0 heterocycles. The second-order valence-electron chi connectivity index (χ2n) is 3.17. The fourth-order valence-corrected chi connectivity index (χ4v) is 1.21. The van der Waals surface area contributed by atoms with Crippen LogP contribution in [0.25, 0.3) is 0 Å². The van der Waals surface area contributed by atoms with E-state index in [-0.39, 0.29) is 5.92 Å². The molecular formula is C7H10Cl4F2. The second kappa shape index (κ2) is 4.69. The largest absolute Gasteiger partial charge is 0.305 e. The van der Waals surface area contributed by atoms with Gasteiger partial charge < -0.3 is 0 Å². The first-order valence-electron chi connectivity index (χ1n) is 3.66. The monoisotopic (exact) mass is 272 g/mol. The summed E-state index contributed by atoms with van der Waals surface area (Å²) < 4.78 is 22.9. The van der Waals surface area contributed by atoms with Crippen LogP contribution in [0, 0.1) is 5.92 Å². The van der Waals surface area contributed by atoms with Gasteiger partial charge in [-0.05, 0) is 5.92 Å². The van der Waals surface area contributed by atoms with E-state index in [9.17, 15) is 8.78 Å². The summed E-state index contributed by atoms with van der Waals surface area (Å²) in [6, 6.07) is 0. The lowest BCUT2D eigenvalue weighted by atomic mass is 10.0. The predicted octanol–water partition coefficient (Wildman–Crippen LogP) is 4.65. The van der Waals surface area contributed by atoms with Crippen LogP contribution >= 0.6 is 46.4 Å². The highest BCUT2D eigenvalue weighted by atomic mass is 35.5. The van der Waals surface area contributed by atoms with Gasteiger partial charge in [-0.1, -0.05) is 48.7 Å². The van der Waals surface area contributed by atoms with Gasteiger partial charge in [0.15, 0.2) is 0 Å². The van der Waals surface area contributed by atoms with Crippen LogP contribution in [0.5, 0.6) is 0 Å². The van der Waals surface area contributed by atoms with Gasteiger partial charge in [-0.2, -0.15) is 0 Å². The minimum Gasteiger partial charge on any atom is -0.220 e. The van der Waals surface area contributed by atoms with Crippen molar-refractivity contribution in [1.82, 2.24) is 0 Å². The van der Waals surface area contributed by atoms with Crippen molar-refractivity contribution in [3.8, 4) is 0 Å². The zero-order chi connectivity index (χ0) is 10.9. The maximum Gasteiger partial charge on any atom is 0.305 e. The van der Waals surface area contributed by atoms with E-state index in [4.69, 9.17) is 46.4 Å². The summed E-state index contributed by atoms with van der Waals surface area (Å²) in [6.45, 7) is 3.51. The van der Waals surface area contributed by atoms with Crippen molar-refractivity contribution >= 4 is 46.4 Å². The van der Waals surface area contributed by atoms with Gasteiger partial charge in [-0.25, -0.2) is 8.78 Å². The molecule has 0 nitrogen and oxygen atoms in total. The normalized spacial score (nSPS) is 20.1. The van der Waals surface area contributed by atoms with Crippen LogP contribution in [-0.2, 0) is 0 Å². The average molecular weight is 274 g/mol. The molecule has 0 saturated heterocycles. The Morgan fingerprint density at radius 2 is 1.54 bits per heavy atom. The summed E-state index contributed by atoms with van der Waals surface area (Å²) in [5.74, 6) is -0.0359. The van der Waals surface area contributed by atoms with Gasteiger partial charge in [0.2, 0.25) is 5.13 Å². The summed E-state index contributed by atoms with van der Waals surface area (Å²) in [6.07, 6.45) is -0.447. The van der Waals surface area contributed by atoms with Gasteiger partial charge >= 0.3 is 4.59 Å². The van der Waals surface area contributed by atoms with Crippen molar-refractivity contribution in [2.45, 2.75) is 35.4 Å². The van der Waals surface area contributed by atoms with Crippen LogP contribution < -0.4 is 0 Å². The van der Waals surface area contributed by atoms with Crippen LogP contribution in [0.2, 0.25) is 0 Å². The molecule has 80 valence electrons. The summed E-state index contributed by atoms with van der Waals surface area (Å²) in [5.41, 5.74) is 0. The smallest absolute Gasteiger partial charge is 0.220 e. The zero-order valence-electron chi connectivity index (χ0n) is 7.13. The molecule has 2 unspecified atom stereocenters. The third-order valence-electron chi connectivity index (χ3n) is 1.59. The van der Waals surface area contributed by atoms with Crippen molar-refractivity contribution in [2.24, 2.45) is 5.92 Å². The fourth-order valence-electron chi connectivity index (χ4n) is 0.596. The Bertz CT molecular complexity index is 164. The van der Waals surface area contributed by atoms with Gasteiger partial charge in [-0.15, -0.1) is 11.6 Å². The Balaban J connectivity index is 4.34. The van der Waals surface area contributed by atoms with Crippen molar-refractivity contribution in [2.75, 3.05) is 0 Å². The summed E-state index contributed by atoms with van der Waals surface area (Å²) in [7, 11) is 0. The highest BCUT2D eigenvalue weighted by Gasteiger charge is 2.51. The van der Waals surface area contributed by atoms with E-state index in [2.05, 4.69) is 0 Å². The Hall–Kier alpha value is 1.02. The molecule has 0 radical (unpaired) electrons. The van der Waals surface area contributed by atoms with Gasteiger partial charge in [-0.3, -0.25) is 0 Å². The van der Waals surface area contributed by atoms with E-state index in [0.717, 1.165) is 0 Å². The van der Waals surface area contributed by atoms with Gasteiger partial charge in [0.05, 0.1) is 0 Å². The zero-order valence-corrected chi connectivity index (χ0v) is 10.2. The van der Waals surface area contributed by atoms with E-state index in [0.29, 0.717) is 0 Å². The molecule has 0 spiro atoms. The number of hydrogen-bond acceptors (Lipinski definition) is 0. The first-order valence-corrected chi connectivity index (χ1v) is 5.23. The van der Waals surface area contributed by atoms with Gasteiger partial charge in [0.1, 0.15) is 0 Å². The fraction of sp³-hybridized carbons (Fsp3) is 1.00. The van der Waals surface area contributed by atoms with E-state index in [1.807, 2.05) is 0 Å². The lowest BCUT2D eigenvalue weighted by molar-refractivity contribution is 0.139. The first kappa shape index (κ1) is 14.0.